The molecule has 2 rings (SSSR count). The molecule has 4 unspecified atom stereocenters. The Kier molecular flexibility index (Phi) is 3.01. The zero-order valence-corrected chi connectivity index (χ0v) is 11.3. The minimum Gasteiger partial charge on any atom is -0.456 e. The summed E-state index contributed by atoms with van der Waals surface area (Å²) in [7, 11) is 0. The number of fused-ring (bicyclic) bond motifs is 2. The standard InChI is InChI=1S/C14H24O3/c1-5-13(2,3)12(16)17-14(4)10-7-6-9(8-10)11(14)15/h9-11,15H,5-8H2,1-4H3. The lowest BCUT2D eigenvalue weighted by Crippen LogP contribution is -2.50. The molecule has 0 saturated heterocycles. The summed E-state index contributed by atoms with van der Waals surface area (Å²) >= 11 is 0. The Balaban J connectivity index is 2.11. The Morgan fingerprint density at radius 1 is 1.47 bits per heavy atom. The van der Waals surface area contributed by atoms with Gasteiger partial charge < -0.3 is 9.84 Å². The van der Waals surface area contributed by atoms with Crippen molar-refractivity contribution in [2.45, 2.75) is 65.1 Å². The third-order valence-electron chi connectivity index (χ3n) is 5.07. The van der Waals surface area contributed by atoms with Gasteiger partial charge in [0.2, 0.25) is 0 Å². The molecule has 2 aliphatic rings. The number of esters is 1. The molecule has 0 aromatic rings. The fourth-order valence-corrected chi connectivity index (χ4v) is 3.16. The maximum Gasteiger partial charge on any atom is 0.312 e. The fourth-order valence-electron chi connectivity index (χ4n) is 3.16. The summed E-state index contributed by atoms with van der Waals surface area (Å²) in [5.74, 6) is 0.510. The number of carbonyl (C=O) groups excluding carboxylic acids is 1. The van der Waals surface area contributed by atoms with Crippen molar-refractivity contribution in [1.82, 2.24) is 0 Å². The van der Waals surface area contributed by atoms with E-state index in [1.165, 1.54) is 0 Å². The van der Waals surface area contributed by atoms with Crippen LogP contribution in [0.25, 0.3) is 0 Å². The Labute approximate surface area is 104 Å². The molecule has 4 atom stereocenters. The number of aliphatic hydroxyl groups is 1. The molecule has 0 spiro atoms. The van der Waals surface area contributed by atoms with E-state index in [0.717, 1.165) is 25.7 Å². The second kappa shape index (κ2) is 3.98. The van der Waals surface area contributed by atoms with Crippen molar-refractivity contribution in [3.8, 4) is 0 Å². The largest absolute Gasteiger partial charge is 0.456 e. The predicted octanol–water partition coefficient (Wildman–Crippen LogP) is 2.52. The summed E-state index contributed by atoms with van der Waals surface area (Å²) in [6, 6.07) is 0. The van der Waals surface area contributed by atoms with Crippen molar-refractivity contribution in [3.05, 3.63) is 0 Å². The van der Waals surface area contributed by atoms with Crippen LogP contribution in [0.1, 0.15) is 53.4 Å². The van der Waals surface area contributed by atoms with E-state index in [2.05, 4.69) is 0 Å². The predicted molar refractivity (Wildman–Crippen MR) is 65.4 cm³/mol. The molecule has 3 heteroatoms. The van der Waals surface area contributed by atoms with Crippen molar-refractivity contribution >= 4 is 5.97 Å². The van der Waals surface area contributed by atoms with Crippen LogP contribution in [0.2, 0.25) is 0 Å². The topological polar surface area (TPSA) is 46.5 Å². The van der Waals surface area contributed by atoms with Gasteiger partial charge in [0.05, 0.1) is 11.5 Å². The quantitative estimate of drug-likeness (QED) is 0.771. The summed E-state index contributed by atoms with van der Waals surface area (Å²) < 4.78 is 5.71. The molecule has 2 aliphatic carbocycles. The molecule has 2 fully saturated rings. The van der Waals surface area contributed by atoms with Crippen molar-refractivity contribution in [1.29, 1.82) is 0 Å². The highest BCUT2D eigenvalue weighted by molar-refractivity contribution is 5.76. The van der Waals surface area contributed by atoms with Crippen LogP contribution in [0.4, 0.5) is 0 Å². The van der Waals surface area contributed by atoms with E-state index in [-0.39, 0.29) is 5.97 Å². The zero-order chi connectivity index (χ0) is 12.8. The van der Waals surface area contributed by atoms with Crippen LogP contribution in [-0.2, 0) is 9.53 Å². The second-order valence-electron chi connectivity index (χ2n) is 6.53. The summed E-state index contributed by atoms with van der Waals surface area (Å²) in [4.78, 5) is 12.1. The van der Waals surface area contributed by atoms with E-state index < -0.39 is 17.1 Å². The van der Waals surface area contributed by atoms with Gasteiger partial charge >= 0.3 is 5.97 Å². The number of ether oxygens (including phenoxy) is 1. The lowest BCUT2D eigenvalue weighted by atomic mass is 9.82. The van der Waals surface area contributed by atoms with E-state index in [0.29, 0.717) is 11.8 Å². The molecule has 0 amide bonds. The van der Waals surface area contributed by atoms with E-state index in [1.54, 1.807) is 0 Å². The first-order chi connectivity index (χ1) is 7.81. The average Bonchev–Trinajstić information content (AvgIpc) is 2.83. The third-order valence-corrected chi connectivity index (χ3v) is 5.07. The van der Waals surface area contributed by atoms with E-state index >= 15 is 0 Å². The van der Waals surface area contributed by atoms with Gasteiger partial charge in [0.15, 0.2) is 0 Å². The van der Waals surface area contributed by atoms with Crippen molar-refractivity contribution in [2.75, 3.05) is 0 Å². The SMILES string of the molecule is CCC(C)(C)C(=O)OC1(C)C2CCC(C2)C1O. The van der Waals surface area contributed by atoms with E-state index in [1.807, 2.05) is 27.7 Å². The lowest BCUT2D eigenvalue weighted by molar-refractivity contribution is -0.188. The van der Waals surface area contributed by atoms with Gasteiger partial charge in [-0.1, -0.05) is 6.92 Å². The fraction of sp³-hybridized carbons (Fsp3) is 0.929. The highest BCUT2D eigenvalue weighted by Crippen LogP contribution is 2.53. The second-order valence-corrected chi connectivity index (χ2v) is 6.53. The van der Waals surface area contributed by atoms with Gasteiger partial charge in [0.25, 0.3) is 0 Å². The summed E-state index contributed by atoms with van der Waals surface area (Å²) in [5.41, 5.74) is -1.10. The third kappa shape index (κ3) is 1.88. The Bertz CT molecular complexity index is 319. The molecule has 1 N–H and O–H groups in total. The molecular weight excluding hydrogens is 216 g/mol. The molecule has 3 nitrogen and oxygen atoms in total. The van der Waals surface area contributed by atoms with Crippen LogP contribution in [0.15, 0.2) is 0 Å². The summed E-state index contributed by atoms with van der Waals surface area (Å²) in [6.45, 7) is 7.70. The monoisotopic (exact) mass is 240 g/mol. The van der Waals surface area contributed by atoms with Gasteiger partial charge in [-0.2, -0.15) is 0 Å². The lowest BCUT2D eigenvalue weighted by Gasteiger charge is -2.39. The van der Waals surface area contributed by atoms with Gasteiger partial charge in [-0.15, -0.1) is 0 Å². The van der Waals surface area contributed by atoms with Gasteiger partial charge in [-0.25, -0.2) is 0 Å². The minimum absolute atomic E-state index is 0.172. The Morgan fingerprint density at radius 2 is 2.12 bits per heavy atom. The van der Waals surface area contributed by atoms with Gasteiger partial charge in [-0.3, -0.25) is 4.79 Å². The first kappa shape index (κ1) is 12.9. The smallest absolute Gasteiger partial charge is 0.312 e. The first-order valence-electron chi connectivity index (χ1n) is 6.72. The zero-order valence-electron chi connectivity index (χ0n) is 11.3. The molecule has 0 aromatic heterocycles. The number of carbonyl (C=O) groups is 1. The highest BCUT2D eigenvalue weighted by atomic mass is 16.6. The molecule has 0 aliphatic heterocycles. The van der Waals surface area contributed by atoms with Crippen molar-refractivity contribution < 1.29 is 14.6 Å². The van der Waals surface area contributed by atoms with E-state index in [4.69, 9.17) is 4.74 Å². The number of rotatable bonds is 3. The van der Waals surface area contributed by atoms with Crippen molar-refractivity contribution in [2.24, 2.45) is 17.3 Å². The van der Waals surface area contributed by atoms with Crippen LogP contribution in [-0.4, -0.2) is 22.8 Å². The normalized spacial score (nSPS) is 40.6. The van der Waals surface area contributed by atoms with Crippen LogP contribution >= 0.6 is 0 Å². The molecule has 98 valence electrons. The minimum atomic E-state index is -0.646. The van der Waals surface area contributed by atoms with E-state index in [9.17, 15) is 9.90 Å². The highest BCUT2D eigenvalue weighted by Gasteiger charge is 2.58. The molecule has 17 heavy (non-hydrogen) atoms. The van der Waals surface area contributed by atoms with Crippen LogP contribution in [0.5, 0.6) is 0 Å². The Morgan fingerprint density at radius 3 is 2.59 bits per heavy atom. The first-order valence-corrected chi connectivity index (χ1v) is 6.72. The molecule has 2 bridgehead atoms. The molecular formula is C14H24O3. The molecule has 0 aromatic carbocycles. The van der Waals surface area contributed by atoms with Gasteiger partial charge in [-0.05, 0) is 52.4 Å². The van der Waals surface area contributed by atoms with Crippen molar-refractivity contribution in [3.63, 3.8) is 0 Å². The average molecular weight is 240 g/mol. The maximum absolute atomic E-state index is 12.1. The number of hydrogen-bond donors (Lipinski definition) is 1. The summed E-state index contributed by atoms with van der Waals surface area (Å²) in [6.07, 6.45) is 3.45. The van der Waals surface area contributed by atoms with Crippen LogP contribution < -0.4 is 0 Å². The number of hydrogen-bond acceptors (Lipinski definition) is 3. The van der Waals surface area contributed by atoms with Gasteiger partial charge in [0, 0.05) is 5.92 Å². The van der Waals surface area contributed by atoms with Crippen LogP contribution in [0.3, 0.4) is 0 Å². The molecule has 0 heterocycles. The summed E-state index contributed by atoms with van der Waals surface area (Å²) in [5, 5.41) is 10.2. The van der Waals surface area contributed by atoms with Crippen LogP contribution in [0, 0.1) is 17.3 Å². The molecule has 0 radical (unpaired) electrons. The Hall–Kier alpha value is -0.570. The maximum atomic E-state index is 12.1. The van der Waals surface area contributed by atoms with Gasteiger partial charge in [0.1, 0.15) is 5.60 Å². The molecule has 2 saturated carbocycles. The number of aliphatic hydroxyl groups excluding tert-OH is 1.